The fraction of sp³-hybridized carbons (Fsp3) is 0.621. The number of amides is 2. The van der Waals surface area contributed by atoms with Crippen LogP contribution in [0.5, 0.6) is 0 Å². The second kappa shape index (κ2) is 22.5. The van der Waals surface area contributed by atoms with Crippen LogP contribution in [0.25, 0.3) is 0 Å². The molecule has 13 nitrogen and oxygen atoms in total. The van der Waals surface area contributed by atoms with Crippen LogP contribution < -0.4 is 10.6 Å². The summed E-state index contributed by atoms with van der Waals surface area (Å²) in [4.78, 5) is 60.8. The Morgan fingerprint density at radius 3 is 2.16 bits per heavy atom. The van der Waals surface area contributed by atoms with Gasteiger partial charge in [-0.2, -0.15) is 0 Å². The van der Waals surface area contributed by atoms with Crippen LogP contribution in [0.3, 0.4) is 0 Å². The number of hydrogen-bond donors (Lipinski definition) is 2. The van der Waals surface area contributed by atoms with Crippen molar-refractivity contribution < 1.29 is 51.9 Å². The van der Waals surface area contributed by atoms with E-state index in [-0.39, 0.29) is 18.4 Å². The minimum Gasteiger partial charge on any atom is -0.435 e. The van der Waals surface area contributed by atoms with E-state index in [2.05, 4.69) is 15.4 Å². The summed E-state index contributed by atoms with van der Waals surface area (Å²) < 4.78 is 36.3. The molecular formula is C29H44N2O11S3. The molecule has 0 fully saturated rings. The van der Waals surface area contributed by atoms with Crippen LogP contribution in [0.4, 0.5) is 9.59 Å². The molecule has 1 rings (SSSR count). The molecule has 0 saturated heterocycles. The summed E-state index contributed by atoms with van der Waals surface area (Å²) in [5.74, 6) is -1.39. The molecule has 2 N–H and O–H groups in total. The Bertz CT molecular complexity index is 1110. The molecular weight excluding hydrogens is 649 g/mol. The van der Waals surface area contributed by atoms with Gasteiger partial charge < -0.3 is 34.3 Å². The third kappa shape index (κ3) is 19.2. The number of hydrogen-bond acceptors (Lipinski definition) is 13. The van der Waals surface area contributed by atoms with Crippen molar-refractivity contribution in [3.63, 3.8) is 0 Å². The largest absolute Gasteiger partial charge is 0.511 e. The van der Waals surface area contributed by atoms with Gasteiger partial charge in [-0.1, -0.05) is 65.8 Å². The first kappa shape index (κ1) is 40.0. The second-order valence-corrected chi connectivity index (χ2v) is 14.1. The van der Waals surface area contributed by atoms with E-state index in [0.717, 1.165) is 5.56 Å². The van der Waals surface area contributed by atoms with Crippen LogP contribution in [0.1, 0.15) is 46.6 Å². The van der Waals surface area contributed by atoms with Crippen molar-refractivity contribution in [2.45, 2.75) is 66.1 Å². The molecule has 0 aliphatic carbocycles. The molecule has 2 amide bonds. The first-order valence-corrected chi connectivity index (χ1v) is 18.6. The number of ether oxygens (including phenoxy) is 5. The molecule has 1 aromatic carbocycles. The maximum atomic E-state index is 13.1. The van der Waals surface area contributed by atoms with Crippen LogP contribution >= 0.6 is 21.6 Å². The molecule has 45 heavy (non-hydrogen) atoms. The highest BCUT2D eigenvalue weighted by Crippen LogP contribution is 2.27. The van der Waals surface area contributed by atoms with E-state index in [1.165, 1.54) is 35.4 Å². The summed E-state index contributed by atoms with van der Waals surface area (Å²) in [5, 5.41) is 5.32. The molecule has 16 heteroatoms. The summed E-state index contributed by atoms with van der Waals surface area (Å²) in [6.07, 6.45) is -1.62. The van der Waals surface area contributed by atoms with E-state index in [1.54, 1.807) is 27.0 Å². The molecule has 0 heterocycles. The van der Waals surface area contributed by atoms with Gasteiger partial charge in [0.05, 0.1) is 18.4 Å². The maximum absolute atomic E-state index is 13.1. The van der Waals surface area contributed by atoms with E-state index in [1.807, 2.05) is 30.3 Å². The minimum atomic E-state index is -1.19. The molecule has 254 valence electrons. The van der Waals surface area contributed by atoms with Gasteiger partial charge in [-0.25, -0.2) is 9.59 Å². The van der Waals surface area contributed by atoms with Gasteiger partial charge in [-0.05, 0) is 25.3 Å². The van der Waals surface area contributed by atoms with E-state index in [9.17, 15) is 28.2 Å². The van der Waals surface area contributed by atoms with Gasteiger partial charge >= 0.3 is 24.2 Å². The highest BCUT2D eigenvalue weighted by Gasteiger charge is 2.23. The Kier molecular flexibility index (Phi) is 20.0. The highest BCUT2D eigenvalue weighted by atomic mass is 33.1. The smallest absolute Gasteiger partial charge is 0.435 e. The molecule has 0 bridgehead atoms. The van der Waals surface area contributed by atoms with Crippen LogP contribution in [0.15, 0.2) is 30.3 Å². The lowest BCUT2D eigenvalue weighted by Crippen LogP contribution is -2.40. The Balaban J connectivity index is 2.71. The van der Waals surface area contributed by atoms with Crippen molar-refractivity contribution in [2.24, 2.45) is 11.8 Å². The van der Waals surface area contributed by atoms with Gasteiger partial charge in [0.1, 0.15) is 6.54 Å². The van der Waals surface area contributed by atoms with E-state index in [4.69, 9.17) is 18.9 Å². The molecule has 0 aliphatic heterocycles. The van der Waals surface area contributed by atoms with E-state index < -0.39 is 66.1 Å². The number of rotatable bonds is 20. The van der Waals surface area contributed by atoms with Crippen LogP contribution in [-0.4, -0.2) is 89.6 Å². The SMILES string of the molecule is CCOC(=O)OC(C)OC(=O)CNC(=O)C(CSSCC(CCS(C)=O)NC(=O)OC(C)OC(=O)C(C)C)Cc1ccccc1. The van der Waals surface area contributed by atoms with Crippen molar-refractivity contribution in [2.75, 3.05) is 36.7 Å². The van der Waals surface area contributed by atoms with Crippen molar-refractivity contribution >= 4 is 62.5 Å². The first-order valence-electron chi connectivity index (χ1n) is 14.4. The number of benzene rings is 1. The predicted molar refractivity (Wildman–Crippen MR) is 173 cm³/mol. The highest BCUT2D eigenvalue weighted by molar-refractivity contribution is 8.76. The Labute approximate surface area is 274 Å². The average molecular weight is 693 g/mol. The van der Waals surface area contributed by atoms with Crippen LogP contribution in [0, 0.1) is 11.8 Å². The summed E-state index contributed by atoms with van der Waals surface area (Å²) in [6.45, 7) is 7.41. The molecule has 0 saturated carbocycles. The number of nitrogens with one attached hydrogen (secondary N) is 2. The van der Waals surface area contributed by atoms with Gasteiger partial charge in [0.25, 0.3) is 0 Å². The number of carbonyl (C=O) groups excluding carboxylic acids is 5. The lowest BCUT2D eigenvalue weighted by Gasteiger charge is -2.21. The normalized spacial score (nSPS) is 14.2. The first-order chi connectivity index (χ1) is 21.3. The zero-order valence-electron chi connectivity index (χ0n) is 26.4. The van der Waals surface area contributed by atoms with Gasteiger partial charge in [0, 0.05) is 54.2 Å². The topological polar surface area (TPSA) is 173 Å². The number of esters is 2. The molecule has 5 unspecified atom stereocenters. The molecule has 0 radical (unpaired) electrons. The molecule has 5 atom stereocenters. The van der Waals surface area contributed by atoms with E-state index >= 15 is 0 Å². The lowest BCUT2D eigenvalue weighted by molar-refractivity contribution is -0.169. The molecule has 0 aliphatic rings. The van der Waals surface area contributed by atoms with Gasteiger partial charge in [0.15, 0.2) is 0 Å². The number of carbonyl (C=O) groups is 5. The van der Waals surface area contributed by atoms with Crippen molar-refractivity contribution in [1.29, 1.82) is 0 Å². The van der Waals surface area contributed by atoms with Crippen molar-refractivity contribution in [1.82, 2.24) is 10.6 Å². The third-order valence-electron chi connectivity index (χ3n) is 5.65. The average Bonchev–Trinajstić information content (AvgIpc) is 2.96. The Hall–Kier alpha value is -2.98. The van der Waals surface area contributed by atoms with Gasteiger partial charge in [-0.15, -0.1) is 0 Å². The van der Waals surface area contributed by atoms with Crippen molar-refractivity contribution in [3.8, 4) is 0 Å². The van der Waals surface area contributed by atoms with Gasteiger partial charge in [-0.3, -0.25) is 18.6 Å². The standard InChI is InChI=1S/C29H44N2O11S3/c1-7-38-29(36)42-20(4)39-25(32)16-30-26(33)23(15-22-11-9-8-10-12-22)17-43-44-18-24(13-14-45(6)37)31-28(35)41-21(5)40-27(34)19(2)3/h8-12,19-21,23-24H,7,13-18H2,1-6H3,(H,30,33)(H,31,35). The third-order valence-corrected chi connectivity index (χ3v) is 9.02. The molecule has 0 spiro atoms. The molecule has 0 aromatic heterocycles. The number of alkyl carbamates (subject to hydrolysis) is 1. The molecule has 1 aromatic rings. The fourth-order valence-corrected chi connectivity index (χ4v) is 6.63. The van der Waals surface area contributed by atoms with Crippen LogP contribution in [-0.2, 0) is 55.3 Å². The lowest BCUT2D eigenvalue weighted by atomic mass is 10.0. The van der Waals surface area contributed by atoms with Gasteiger partial charge in [0.2, 0.25) is 18.5 Å². The van der Waals surface area contributed by atoms with Crippen LogP contribution in [0.2, 0.25) is 0 Å². The summed E-state index contributed by atoms with van der Waals surface area (Å²) in [6, 6.07) is 9.00. The Morgan fingerprint density at radius 2 is 1.53 bits per heavy atom. The maximum Gasteiger partial charge on any atom is 0.511 e. The zero-order valence-corrected chi connectivity index (χ0v) is 28.9. The van der Waals surface area contributed by atoms with E-state index in [0.29, 0.717) is 30.1 Å². The quantitative estimate of drug-likeness (QED) is 0.0665. The predicted octanol–water partition coefficient (Wildman–Crippen LogP) is 3.81. The summed E-state index contributed by atoms with van der Waals surface area (Å²) in [7, 11) is 1.75. The second-order valence-electron chi connectivity index (χ2n) is 10.0. The fourth-order valence-electron chi connectivity index (χ4n) is 3.41. The minimum absolute atomic E-state index is 0.106. The monoisotopic (exact) mass is 692 g/mol. The summed E-state index contributed by atoms with van der Waals surface area (Å²) >= 11 is 0. The zero-order chi connectivity index (χ0) is 33.8. The summed E-state index contributed by atoms with van der Waals surface area (Å²) in [5.41, 5.74) is 0.933. The Morgan fingerprint density at radius 1 is 0.889 bits per heavy atom. The van der Waals surface area contributed by atoms with Crippen molar-refractivity contribution in [3.05, 3.63) is 35.9 Å².